The van der Waals surface area contributed by atoms with Crippen molar-refractivity contribution in [1.29, 1.82) is 0 Å². The summed E-state index contributed by atoms with van der Waals surface area (Å²) >= 11 is 0. The van der Waals surface area contributed by atoms with E-state index in [1.54, 1.807) is 10.6 Å². The molecule has 0 radical (unpaired) electrons. The molecule has 0 fully saturated rings. The summed E-state index contributed by atoms with van der Waals surface area (Å²) in [7, 11) is 0. The predicted octanol–water partition coefficient (Wildman–Crippen LogP) is 1.79. The van der Waals surface area contributed by atoms with Gasteiger partial charge >= 0.3 is 5.97 Å². The first kappa shape index (κ1) is 13.0. The van der Waals surface area contributed by atoms with Gasteiger partial charge < -0.3 is 19.1 Å². The van der Waals surface area contributed by atoms with Crippen molar-refractivity contribution in [2.45, 2.75) is 37.6 Å². The number of ether oxygens (including phenoxy) is 2. The van der Waals surface area contributed by atoms with Crippen LogP contribution in [0.5, 0.6) is 11.5 Å². The molecule has 2 aliphatic heterocycles. The van der Waals surface area contributed by atoms with Crippen molar-refractivity contribution in [3.8, 4) is 11.5 Å². The molecule has 0 amide bonds. The Labute approximate surface area is 131 Å². The molecule has 3 heterocycles. The summed E-state index contributed by atoms with van der Waals surface area (Å²) in [6.45, 7) is 0.624. The normalized spacial score (nSPS) is 24.0. The summed E-state index contributed by atoms with van der Waals surface area (Å²) in [4.78, 5) is 24.9. The lowest BCUT2D eigenvalue weighted by Crippen LogP contribution is -2.38. The van der Waals surface area contributed by atoms with Crippen LogP contribution in [0.3, 0.4) is 0 Å². The Hall–Kier alpha value is -2.50. The van der Waals surface area contributed by atoms with Gasteiger partial charge in [0.1, 0.15) is 5.41 Å². The third-order valence-electron chi connectivity index (χ3n) is 5.52. The van der Waals surface area contributed by atoms with Crippen molar-refractivity contribution in [1.82, 2.24) is 4.57 Å². The van der Waals surface area contributed by atoms with Crippen molar-refractivity contribution in [2.75, 3.05) is 6.79 Å². The largest absolute Gasteiger partial charge is 0.481 e. The molecular weight excluding hydrogens is 298 g/mol. The Morgan fingerprint density at radius 3 is 2.65 bits per heavy atom. The smallest absolute Gasteiger partial charge is 0.315 e. The van der Waals surface area contributed by atoms with Crippen LogP contribution in [0.1, 0.15) is 30.5 Å². The molecule has 118 valence electrons. The van der Waals surface area contributed by atoms with Gasteiger partial charge in [0.25, 0.3) is 5.56 Å². The van der Waals surface area contributed by atoms with Crippen LogP contribution in [0.15, 0.2) is 16.9 Å². The van der Waals surface area contributed by atoms with E-state index in [1.165, 1.54) is 0 Å². The molecule has 2 aromatic rings. The lowest BCUT2D eigenvalue weighted by atomic mass is 9.72. The molecular formula is C17H15NO5. The fourth-order valence-corrected chi connectivity index (χ4v) is 4.47. The number of pyridine rings is 1. The average molecular weight is 313 g/mol. The van der Waals surface area contributed by atoms with E-state index >= 15 is 0 Å². The van der Waals surface area contributed by atoms with Gasteiger partial charge in [-0.2, -0.15) is 0 Å². The first-order valence-electron chi connectivity index (χ1n) is 7.85. The molecule has 23 heavy (non-hydrogen) atoms. The SMILES string of the molecule is O=C(O)C12CCCc3c1n(c(=O)c1cc4c(cc31)OCO4)CC2. The molecule has 6 nitrogen and oxygen atoms in total. The van der Waals surface area contributed by atoms with E-state index in [-0.39, 0.29) is 12.4 Å². The number of aliphatic carboxylic acids is 1. The summed E-state index contributed by atoms with van der Waals surface area (Å²) in [5.41, 5.74) is 0.677. The fourth-order valence-electron chi connectivity index (χ4n) is 4.47. The number of aromatic nitrogens is 1. The van der Waals surface area contributed by atoms with Crippen molar-refractivity contribution in [3.05, 3.63) is 33.7 Å². The molecule has 1 aliphatic carbocycles. The number of carbonyl (C=O) groups is 1. The van der Waals surface area contributed by atoms with E-state index in [0.29, 0.717) is 42.0 Å². The lowest BCUT2D eigenvalue weighted by molar-refractivity contribution is -0.144. The van der Waals surface area contributed by atoms with Crippen molar-refractivity contribution >= 4 is 16.7 Å². The molecule has 0 saturated heterocycles. The Bertz CT molecular complexity index is 944. The fraction of sp³-hybridized carbons (Fsp3) is 0.412. The molecule has 0 bridgehead atoms. The minimum absolute atomic E-state index is 0.123. The second-order valence-electron chi connectivity index (χ2n) is 6.53. The van der Waals surface area contributed by atoms with E-state index in [2.05, 4.69) is 0 Å². The summed E-state index contributed by atoms with van der Waals surface area (Å²) in [5.74, 6) is 0.396. The zero-order valence-electron chi connectivity index (χ0n) is 12.4. The first-order valence-corrected chi connectivity index (χ1v) is 7.85. The quantitative estimate of drug-likeness (QED) is 0.868. The van der Waals surface area contributed by atoms with Gasteiger partial charge in [-0.05, 0) is 48.8 Å². The first-order chi connectivity index (χ1) is 11.1. The highest BCUT2D eigenvalue weighted by Crippen LogP contribution is 2.47. The van der Waals surface area contributed by atoms with Crippen LogP contribution >= 0.6 is 0 Å². The summed E-state index contributed by atoms with van der Waals surface area (Å²) < 4.78 is 12.5. The van der Waals surface area contributed by atoms with Gasteiger partial charge in [-0.3, -0.25) is 9.59 Å². The van der Waals surface area contributed by atoms with Crippen molar-refractivity contribution < 1.29 is 19.4 Å². The lowest BCUT2D eigenvalue weighted by Gasteiger charge is -2.31. The summed E-state index contributed by atoms with van der Waals surface area (Å²) in [6, 6.07) is 3.57. The molecule has 3 aliphatic rings. The van der Waals surface area contributed by atoms with Crippen LogP contribution in [0.25, 0.3) is 10.8 Å². The predicted molar refractivity (Wildman–Crippen MR) is 81.2 cm³/mol. The van der Waals surface area contributed by atoms with Gasteiger partial charge in [0, 0.05) is 12.2 Å². The minimum atomic E-state index is -0.905. The zero-order chi connectivity index (χ0) is 15.8. The molecule has 1 aromatic carbocycles. The highest BCUT2D eigenvalue weighted by Gasteiger charge is 2.50. The van der Waals surface area contributed by atoms with E-state index in [1.807, 2.05) is 6.07 Å². The molecule has 6 heteroatoms. The monoisotopic (exact) mass is 313 g/mol. The number of nitrogens with zero attached hydrogens (tertiary/aromatic N) is 1. The number of rotatable bonds is 1. The highest BCUT2D eigenvalue weighted by atomic mass is 16.7. The van der Waals surface area contributed by atoms with Gasteiger partial charge in [-0.1, -0.05) is 0 Å². The van der Waals surface area contributed by atoms with Crippen LogP contribution < -0.4 is 15.0 Å². The number of aryl methyl sites for hydroxylation is 1. The molecule has 1 N–H and O–H groups in total. The molecule has 1 unspecified atom stereocenters. The van der Waals surface area contributed by atoms with Gasteiger partial charge in [0.15, 0.2) is 11.5 Å². The zero-order valence-corrected chi connectivity index (χ0v) is 12.4. The van der Waals surface area contributed by atoms with Gasteiger partial charge in [0.05, 0.1) is 5.39 Å². The Morgan fingerprint density at radius 2 is 1.91 bits per heavy atom. The van der Waals surface area contributed by atoms with Gasteiger partial charge in [-0.25, -0.2) is 0 Å². The highest BCUT2D eigenvalue weighted by molar-refractivity contribution is 5.92. The number of fused-ring (bicyclic) bond motifs is 3. The maximum absolute atomic E-state index is 12.9. The van der Waals surface area contributed by atoms with E-state index < -0.39 is 11.4 Å². The molecule has 1 aromatic heterocycles. The third kappa shape index (κ3) is 1.44. The number of hydrogen-bond acceptors (Lipinski definition) is 4. The average Bonchev–Trinajstić information content (AvgIpc) is 3.16. The Kier molecular flexibility index (Phi) is 2.30. The topological polar surface area (TPSA) is 77.8 Å². The van der Waals surface area contributed by atoms with E-state index in [9.17, 15) is 14.7 Å². The number of carboxylic acid groups (broad SMARTS) is 1. The van der Waals surface area contributed by atoms with Crippen molar-refractivity contribution in [2.24, 2.45) is 0 Å². The van der Waals surface area contributed by atoms with Crippen LogP contribution in [0.2, 0.25) is 0 Å². The molecule has 5 rings (SSSR count). The van der Waals surface area contributed by atoms with Crippen molar-refractivity contribution in [3.63, 3.8) is 0 Å². The van der Waals surface area contributed by atoms with E-state index in [4.69, 9.17) is 9.47 Å². The van der Waals surface area contributed by atoms with Gasteiger partial charge in [-0.15, -0.1) is 0 Å². The summed E-state index contributed by atoms with van der Waals surface area (Å²) in [6.07, 6.45) is 2.71. The Balaban J connectivity index is 1.94. The number of benzene rings is 1. The molecule has 0 spiro atoms. The molecule has 0 saturated carbocycles. The van der Waals surface area contributed by atoms with Crippen LogP contribution in [0, 0.1) is 0 Å². The number of hydrogen-bond donors (Lipinski definition) is 1. The second kappa shape index (κ2) is 4.07. The second-order valence-corrected chi connectivity index (χ2v) is 6.53. The standard InChI is InChI=1S/C17H15NO5/c19-15-11-7-13-12(22-8-23-13)6-10(11)9-2-1-3-17(16(20)21)4-5-18(15)14(9)17/h6-7H,1-5,8H2,(H,20,21). The maximum atomic E-state index is 12.9. The van der Waals surface area contributed by atoms with Crippen LogP contribution in [-0.4, -0.2) is 22.4 Å². The maximum Gasteiger partial charge on any atom is 0.315 e. The van der Waals surface area contributed by atoms with E-state index in [0.717, 1.165) is 23.8 Å². The van der Waals surface area contributed by atoms with Crippen LogP contribution in [-0.2, 0) is 23.2 Å². The summed E-state index contributed by atoms with van der Waals surface area (Å²) in [5, 5.41) is 11.2. The minimum Gasteiger partial charge on any atom is -0.481 e. The number of carboxylic acids is 1. The van der Waals surface area contributed by atoms with Crippen LogP contribution in [0.4, 0.5) is 0 Å². The van der Waals surface area contributed by atoms with Gasteiger partial charge in [0.2, 0.25) is 6.79 Å². The molecule has 1 atom stereocenters. The third-order valence-corrected chi connectivity index (χ3v) is 5.52. The Morgan fingerprint density at radius 1 is 1.17 bits per heavy atom.